The third kappa shape index (κ3) is 1.88. The first kappa shape index (κ1) is 9.45. The second kappa shape index (κ2) is 3.96. The third-order valence-electron chi connectivity index (χ3n) is 2.08. The Morgan fingerprint density at radius 3 is 2.60 bits per heavy atom. The highest BCUT2D eigenvalue weighted by Crippen LogP contribution is 2.13. The zero-order chi connectivity index (χ0) is 10.7. The summed E-state index contributed by atoms with van der Waals surface area (Å²) in [4.78, 5) is 18.4. The van der Waals surface area contributed by atoms with Crippen molar-refractivity contribution >= 4 is 5.78 Å². The van der Waals surface area contributed by atoms with Crippen LogP contribution in [0.15, 0.2) is 36.8 Å². The van der Waals surface area contributed by atoms with E-state index in [1.54, 1.807) is 37.6 Å². The van der Waals surface area contributed by atoms with Gasteiger partial charge in [-0.1, -0.05) is 0 Å². The monoisotopic (exact) mass is 202 g/mol. The molecule has 0 unspecified atom stereocenters. The number of nitrogens with one attached hydrogen (secondary N) is 1. The number of aromatic amines is 1. The largest absolute Gasteiger partial charge is 0.497 e. The molecule has 2 aromatic rings. The van der Waals surface area contributed by atoms with E-state index in [0.717, 1.165) is 5.75 Å². The maximum Gasteiger partial charge on any atom is 0.212 e. The highest BCUT2D eigenvalue weighted by molar-refractivity contribution is 6.07. The molecule has 0 amide bonds. The first-order chi connectivity index (χ1) is 7.31. The fourth-order valence-electron chi connectivity index (χ4n) is 1.27. The summed E-state index contributed by atoms with van der Waals surface area (Å²) in [6, 6.07) is 6.94. The van der Waals surface area contributed by atoms with Crippen LogP contribution in [0.4, 0.5) is 0 Å². The number of rotatable bonds is 3. The number of ether oxygens (including phenoxy) is 1. The van der Waals surface area contributed by atoms with E-state index in [4.69, 9.17) is 4.74 Å². The van der Waals surface area contributed by atoms with Crippen LogP contribution >= 0.6 is 0 Å². The van der Waals surface area contributed by atoms with Gasteiger partial charge in [0.15, 0.2) is 0 Å². The Morgan fingerprint density at radius 2 is 2.07 bits per heavy atom. The number of imidazole rings is 1. The van der Waals surface area contributed by atoms with Crippen molar-refractivity contribution in [3.8, 4) is 5.75 Å². The maximum atomic E-state index is 11.8. The molecule has 0 aliphatic rings. The van der Waals surface area contributed by atoms with Crippen LogP contribution in [0.3, 0.4) is 0 Å². The number of hydrogen-bond acceptors (Lipinski definition) is 3. The number of aromatic nitrogens is 2. The lowest BCUT2D eigenvalue weighted by molar-refractivity contribution is 0.103. The van der Waals surface area contributed by atoms with Crippen LogP contribution < -0.4 is 4.74 Å². The molecule has 76 valence electrons. The van der Waals surface area contributed by atoms with Crippen LogP contribution in [0, 0.1) is 0 Å². The van der Waals surface area contributed by atoms with E-state index in [9.17, 15) is 4.79 Å². The van der Waals surface area contributed by atoms with Crippen LogP contribution in [0.2, 0.25) is 0 Å². The van der Waals surface area contributed by atoms with Gasteiger partial charge >= 0.3 is 0 Å². The standard InChI is InChI=1S/C11H10N2O2/c1-15-9-4-2-8(3-5-9)11(14)10-6-12-7-13-10/h2-7H,1H3,(H,12,13). The van der Waals surface area contributed by atoms with Gasteiger partial charge in [0, 0.05) is 11.8 Å². The number of carbonyl (C=O) groups excluding carboxylic acids is 1. The predicted octanol–water partition coefficient (Wildman–Crippen LogP) is 1.65. The summed E-state index contributed by atoms with van der Waals surface area (Å²) in [5.41, 5.74) is 1.02. The van der Waals surface area contributed by atoms with Crippen molar-refractivity contribution in [1.82, 2.24) is 9.97 Å². The molecule has 15 heavy (non-hydrogen) atoms. The first-order valence-corrected chi connectivity index (χ1v) is 4.49. The smallest absolute Gasteiger partial charge is 0.212 e. The van der Waals surface area contributed by atoms with Crippen molar-refractivity contribution in [1.29, 1.82) is 0 Å². The average Bonchev–Trinajstić information content (AvgIpc) is 2.82. The van der Waals surface area contributed by atoms with E-state index in [0.29, 0.717) is 11.3 Å². The summed E-state index contributed by atoms with van der Waals surface area (Å²) < 4.78 is 5.01. The van der Waals surface area contributed by atoms with Gasteiger partial charge in [0.1, 0.15) is 11.4 Å². The van der Waals surface area contributed by atoms with Crippen LogP contribution in [-0.4, -0.2) is 22.9 Å². The molecule has 0 aliphatic carbocycles. The summed E-state index contributed by atoms with van der Waals surface area (Å²) in [6.07, 6.45) is 3.06. The average molecular weight is 202 g/mol. The van der Waals surface area contributed by atoms with Crippen LogP contribution in [0.1, 0.15) is 16.1 Å². The topological polar surface area (TPSA) is 55.0 Å². The molecule has 0 atom stereocenters. The molecule has 1 aromatic carbocycles. The number of H-pyrrole nitrogens is 1. The molecular weight excluding hydrogens is 192 g/mol. The molecule has 2 rings (SSSR count). The molecule has 0 spiro atoms. The third-order valence-corrected chi connectivity index (χ3v) is 2.08. The molecule has 1 N–H and O–H groups in total. The molecule has 0 aliphatic heterocycles. The fraction of sp³-hybridized carbons (Fsp3) is 0.0909. The van der Waals surface area contributed by atoms with E-state index in [1.165, 1.54) is 6.33 Å². The highest BCUT2D eigenvalue weighted by Gasteiger charge is 2.10. The van der Waals surface area contributed by atoms with Gasteiger partial charge in [-0.15, -0.1) is 0 Å². The quantitative estimate of drug-likeness (QED) is 0.770. The van der Waals surface area contributed by atoms with Crippen LogP contribution in [0.5, 0.6) is 5.75 Å². The molecule has 0 radical (unpaired) electrons. The van der Waals surface area contributed by atoms with Crippen molar-refractivity contribution in [2.45, 2.75) is 0 Å². The highest BCUT2D eigenvalue weighted by atomic mass is 16.5. The molecular formula is C11H10N2O2. The Bertz CT molecular complexity index is 446. The second-order valence-electron chi connectivity index (χ2n) is 3.01. The summed E-state index contributed by atoms with van der Waals surface area (Å²) in [5.74, 6) is 0.632. The molecule has 0 fully saturated rings. The molecule has 4 heteroatoms. The lowest BCUT2D eigenvalue weighted by Gasteiger charge is -2.00. The summed E-state index contributed by atoms with van der Waals surface area (Å²) in [6.45, 7) is 0. The lowest BCUT2D eigenvalue weighted by Crippen LogP contribution is -2.01. The number of methoxy groups -OCH3 is 1. The first-order valence-electron chi connectivity index (χ1n) is 4.49. The Labute approximate surface area is 86.9 Å². The Morgan fingerprint density at radius 1 is 1.33 bits per heavy atom. The van der Waals surface area contributed by atoms with Crippen LogP contribution in [-0.2, 0) is 0 Å². The summed E-state index contributed by atoms with van der Waals surface area (Å²) >= 11 is 0. The fourth-order valence-corrected chi connectivity index (χ4v) is 1.27. The van der Waals surface area contributed by atoms with Crippen molar-refractivity contribution in [3.05, 3.63) is 48.0 Å². The molecule has 0 bridgehead atoms. The minimum Gasteiger partial charge on any atom is -0.497 e. The van der Waals surface area contributed by atoms with Crippen molar-refractivity contribution in [3.63, 3.8) is 0 Å². The van der Waals surface area contributed by atoms with E-state index in [2.05, 4.69) is 9.97 Å². The van der Waals surface area contributed by atoms with E-state index in [1.807, 2.05) is 0 Å². The van der Waals surface area contributed by atoms with Crippen molar-refractivity contribution in [2.75, 3.05) is 7.11 Å². The zero-order valence-electron chi connectivity index (χ0n) is 8.23. The summed E-state index contributed by atoms with van der Waals surface area (Å²) in [5, 5.41) is 0. The minimum absolute atomic E-state index is 0.0982. The van der Waals surface area contributed by atoms with Gasteiger partial charge in [0.2, 0.25) is 5.78 Å². The normalized spacial score (nSPS) is 9.93. The van der Waals surface area contributed by atoms with Gasteiger partial charge in [-0.25, -0.2) is 4.98 Å². The van der Waals surface area contributed by atoms with Gasteiger partial charge in [-0.3, -0.25) is 4.79 Å². The Kier molecular flexibility index (Phi) is 2.49. The summed E-state index contributed by atoms with van der Waals surface area (Å²) in [7, 11) is 1.59. The molecule has 4 nitrogen and oxygen atoms in total. The number of benzene rings is 1. The van der Waals surface area contributed by atoms with Gasteiger partial charge < -0.3 is 9.72 Å². The number of ketones is 1. The zero-order valence-corrected chi connectivity index (χ0v) is 8.23. The van der Waals surface area contributed by atoms with Gasteiger partial charge in [-0.05, 0) is 24.3 Å². The molecule has 1 heterocycles. The lowest BCUT2D eigenvalue weighted by atomic mass is 10.1. The SMILES string of the molecule is COc1ccc(C(=O)c2c[nH]cn2)cc1. The van der Waals surface area contributed by atoms with E-state index >= 15 is 0 Å². The second-order valence-corrected chi connectivity index (χ2v) is 3.01. The predicted molar refractivity (Wildman–Crippen MR) is 55.0 cm³/mol. The number of nitrogens with zero attached hydrogens (tertiary/aromatic N) is 1. The molecule has 1 aromatic heterocycles. The molecule has 0 saturated heterocycles. The van der Waals surface area contributed by atoms with Crippen molar-refractivity contribution in [2.24, 2.45) is 0 Å². The number of carbonyl (C=O) groups is 1. The van der Waals surface area contributed by atoms with E-state index in [-0.39, 0.29) is 5.78 Å². The Hall–Kier alpha value is -2.10. The van der Waals surface area contributed by atoms with Crippen molar-refractivity contribution < 1.29 is 9.53 Å². The Balaban J connectivity index is 2.27. The van der Waals surface area contributed by atoms with Crippen LogP contribution in [0.25, 0.3) is 0 Å². The van der Waals surface area contributed by atoms with Gasteiger partial charge in [-0.2, -0.15) is 0 Å². The van der Waals surface area contributed by atoms with Gasteiger partial charge in [0.25, 0.3) is 0 Å². The van der Waals surface area contributed by atoms with E-state index < -0.39 is 0 Å². The number of hydrogen-bond donors (Lipinski definition) is 1. The molecule has 0 saturated carbocycles. The minimum atomic E-state index is -0.0982. The van der Waals surface area contributed by atoms with Gasteiger partial charge in [0.05, 0.1) is 13.4 Å². The maximum absolute atomic E-state index is 11.8.